The Hall–Kier alpha value is -0.850. The number of allylic oxidation sites excluding steroid dienone is 4. The molecule has 1 rings (SSSR count). The van der Waals surface area contributed by atoms with E-state index in [1.165, 1.54) is 6.08 Å². The molecule has 35 valence electrons. The Morgan fingerprint density at radius 1 is 1.71 bits per heavy atom. The van der Waals surface area contributed by atoms with E-state index in [4.69, 9.17) is 0 Å². The van der Waals surface area contributed by atoms with Crippen LogP contribution in [0.5, 0.6) is 0 Å². The van der Waals surface area contributed by atoms with Crippen molar-refractivity contribution in [1.29, 1.82) is 0 Å². The summed E-state index contributed by atoms with van der Waals surface area (Å²) in [5.41, 5.74) is 0. The molecule has 1 heteroatoms. The fraction of sp³-hybridized carbons (Fsp3) is 0.167. The molecule has 1 aliphatic rings. The van der Waals surface area contributed by atoms with Gasteiger partial charge >= 0.3 is 0 Å². The third-order valence-electron chi connectivity index (χ3n) is 0.777. The number of carbonyl (C=O) groups excluding carboxylic acids is 1. The number of hydrogen-bond donors (Lipinski definition) is 0. The molecule has 0 saturated heterocycles. The molecular weight excluding hydrogens is 88.1 g/mol. The zero-order chi connectivity index (χ0) is 5.11. The van der Waals surface area contributed by atoms with E-state index in [2.05, 4.69) is 6.08 Å². The monoisotopic (exact) mass is 93.0 g/mol. The van der Waals surface area contributed by atoms with Crippen molar-refractivity contribution < 1.29 is 4.79 Å². The molecule has 0 amide bonds. The van der Waals surface area contributed by atoms with Crippen LogP contribution in [0.25, 0.3) is 0 Å². The fourth-order valence-corrected chi connectivity index (χ4v) is 0.443. The summed E-state index contributed by atoms with van der Waals surface area (Å²) >= 11 is 0. The van der Waals surface area contributed by atoms with Crippen LogP contribution in [-0.4, -0.2) is 5.78 Å². The second-order valence-corrected chi connectivity index (χ2v) is 1.38. The van der Waals surface area contributed by atoms with Gasteiger partial charge in [-0.25, -0.2) is 0 Å². The van der Waals surface area contributed by atoms with Crippen molar-refractivity contribution in [2.24, 2.45) is 0 Å². The molecule has 0 aromatic rings. The first-order valence-corrected chi connectivity index (χ1v) is 2.17. The summed E-state index contributed by atoms with van der Waals surface area (Å²) in [6.07, 6.45) is 8.23. The largest absolute Gasteiger partial charge is 0.294 e. The maximum Gasteiger partial charge on any atom is 0.160 e. The minimum absolute atomic E-state index is 0.141. The van der Waals surface area contributed by atoms with Crippen molar-refractivity contribution in [3.63, 3.8) is 0 Å². The molecule has 1 aliphatic carbocycles. The Balaban J connectivity index is 2.66. The Morgan fingerprint density at radius 3 is 2.86 bits per heavy atom. The molecule has 0 heterocycles. The summed E-state index contributed by atoms with van der Waals surface area (Å²) in [5, 5.41) is 0. The molecule has 1 radical (unpaired) electrons. The SMILES string of the molecule is O=C1C=[C]C=CC1. The zero-order valence-electron chi connectivity index (χ0n) is 3.85. The molecule has 0 N–H and O–H groups in total. The highest BCUT2D eigenvalue weighted by molar-refractivity contribution is 5.91. The van der Waals surface area contributed by atoms with Crippen molar-refractivity contribution in [1.82, 2.24) is 0 Å². The van der Waals surface area contributed by atoms with Crippen LogP contribution < -0.4 is 0 Å². The first-order valence-electron chi connectivity index (χ1n) is 2.17. The van der Waals surface area contributed by atoms with Gasteiger partial charge in [0.1, 0.15) is 0 Å². The van der Waals surface area contributed by atoms with Gasteiger partial charge in [-0.05, 0) is 12.2 Å². The van der Waals surface area contributed by atoms with Crippen molar-refractivity contribution in [2.75, 3.05) is 0 Å². The van der Waals surface area contributed by atoms with Crippen molar-refractivity contribution in [2.45, 2.75) is 6.42 Å². The normalized spacial score (nSPS) is 18.0. The Kier molecular flexibility index (Phi) is 1.07. The number of rotatable bonds is 0. The van der Waals surface area contributed by atoms with E-state index in [0.29, 0.717) is 6.42 Å². The van der Waals surface area contributed by atoms with Crippen LogP contribution in [-0.2, 0) is 4.79 Å². The highest BCUT2D eigenvalue weighted by Gasteiger charge is 1.92. The van der Waals surface area contributed by atoms with Crippen LogP contribution in [0.4, 0.5) is 0 Å². The predicted molar refractivity (Wildman–Crippen MR) is 26.6 cm³/mol. The summed E-state index contributed by atoms with van der Waals surface area (Å²) in [6.45, 7) is 0. The topological polar surface area (TPSA) is 17.1 Å². The van der Waals surface area contributed by atoms with Gasteiger partial charge in [0.05, 0.1) is 0 Å². The zero-order valence-corrected chi connectivity index (χ0v) is 3.85. The van der Waals surface area contributed by atoms with E-state index < -0.39 is 0 Å². The number of carbonyl (C=O) groups is 1. The molecular formula is C6H5O. The maximum absolute atomic E-state index is 10.3. The Morgan fingerprint density at radius 2 is 2.57 bits per heavy atom. The summed E-state index contributed by atoms with van der Waals surface area (Å²) in [4.78, 5) is 10.3. The second-order valence-electron chi connectivity index (χ2n) is 1.38. The number of hydrogen-bond acceptors (Lipinski definition) is 1. The molecule has 0 fully saturated rings. The van der Waals surface area contributed by atoms with Gasteiger partial charge in [-0.2, -0.15) is 0 Å². The van der Waals surface area contributed by atoms with Crippen molar-refractivity contribution in [3.05, 3.63) is 24.3 Å². The average molecular weight is 93.1 g/mol. The summed E-state index contributed by atoms with van der Waals surface area (Å²) in [7, 11) is 0. The molecule has 1 nitrogen and oxygen atoms in total. The average Bonchev–Trinajstić information content (AvgIpc) is 1.69. The molecule has 0 spiro atoms. The maximum atomic E-state index is 10.3. The molecule has 0 aliphatic heterocycles. The Bertz CT molecular complexity index is 131. The highest BCUT2D eigenvalue weighted by Crippen LogP contribution is 1.93. The smallest absolute Gasteiger partial charge is 0.160 e. The van der Waals surface area contributed by atoms with Crippen LogP contribution in [0.1, 0.15) is 6.42 Å². The lowest BCUT2D eigenvalue weighted by molar-refractivity contribution is -0.113. The van der Waals surface area contributed by atoms with E-state index >= 15 is 0 Å². The molecule has 0 unspecified atom stereocenters. The third-order valence-corrected chi connectivity index (χ3v) is 0.777. The summed E-state index contributed by atoms with van der Waals surface area (Å²) in [5.74, 6) is 0.141. The predicted octanol–water partition coefficient (Wildman–Crippen LogP) is 0.875. The van der Waals surface area contributed by atoms with Gasteiger partial charge in [0.15, 0.2) is 5.78 Å². The first kappa shape index (κ1) is 4.31. The van der Waals surface area contributed by atoms with Crippen LogP contribution in [0.2, 0.25) is 0 Å². The lowest BCUT2D eigenvalue weighted by Crippen LogP contribution is -1.90. The molecule has 7 heavy (non-hydrogen) atoms. The van der Waals surface area contributed by atoms with E-state index in [-0.39, 0.29) is 5.78 Å². The Labute approximate surface area is 42.3 Å². The van der Waals surface area contributed by atoms with Gasteiger partial charge in [0.25, 0.3) is 0 Å². The lowest BCUT2D eigenvalue weighted by Gasteiger charge is -1.87. The van der Waals surface area contributed by atoms with Crippen molar-refractivity contribution >= 4 is 5.78 Å². The minimum Gasteiger partial charge on any atom is -0.294 e. The van der Waals surface area contributed by atoms with Gasteiger partial charge in [-0.15, -0.1) is 0 Å². The molecule has 0 atom stereocenters. The van der Waals surface area contributed by atoms with E-state index in [9.17, 15) is 4.79 Å². The summed E-state index contributed by atoms with van der Waals surface area (Å²) < 4.78 is 0. The molecule has 0 bridgehead atoms. The van der Waals surface area contributed by atoms with Crippen LogP contribution in [0, 0.1) is 6.08 Å². The van der Waals surface area contributed by atoms with Gasteiger partial charge in [-0.3, -0.25) is 4.79 Å². The van der Waals surface area contributed by atoms with E-state index in [1.54, 1.807) is 12.2 Å². The van der Waals surface area contributed by atoms with Crippen LogP contribution in [0.15, 0.2) is 18.2 Å². The van der Waals surface area contributed by atoms with Crippen LogP contribution in [0.3, 0.4) is 0 Å². The van der Waals surface area contributed by atoms with Crippen LogP contribution >= 0.6 is 0 Å². The third kappa shape index (κ3) is 1.000. The van der Waals surface area contributed by atoms with Gasteiger partial charge in [-0.1, -0.05) is 12.2 Å². The second kappa shape index (κ2) is 1.73. The van der Waals surface area contributed by atoms with Crippen molar-refractivity contribution in [3.8, 4) is 0 Å². The van der Waals surface area contributed by atoms with E-state index in [0.717, 1.165) is 0 Å². The first-order chi connectivity index (χ1) is 3.39. The molecule has 0 aromatic carbocycles. The lowest BCUT2D eigenvalue weighted by atomic mass is 10.2. The number of ketones is 1. The standard InChI is InChI=1S/C6H5O/c7-6-4-2-1-3-5-6/h1-2,5H,4H2. The quantitative estimate of drug-likeness (QED) is 0.434. The van der Waals surface area contributed by atoms with E-state index in [1.807, 2.05) is 0 Å². The molecule has 0 saturated carbocycles. The minimum atomic E-state index is 0.141. The summed E-state index contributed by atoms with van der Waals surface area (Å²) in [6, 6.07) is 0. The van der Waals surface area contributed by atoms with Gasteiger partial charge in [0, 0.05) is 6.42 Å². The van der Waals surface area contributed by atoms with Gasteiger partial charge < -0.3 is 0 Å². The highest BCUT2D eigenvalue weighted by atomic mass is 16.1. The molecule has 0 aromatic heterocycles. The fourth-order valence-electron chi connectivity index (χ4n) is 0.443. The van der Waals surface area contributed by atoms with Gasteiger partial charge in [0.2, 0.25) is 0 Å².